The van der Waals surface area contributed by atoms with Crippen molar-refractivity contribution in [2.24, 2.45) is 0 Å². The third-order valence-electron chi connectivity index (χ3n) is 7.24. The zero-order valence-electron chi connectivity index (χ0n) is 22.6. The molecule has 1 aromatic carbocycles. The van der Waals surface area contributed by atoms with E-state index in [4.69, 9.17) is 20.2 Å². The number of aromatic nitrogens is 4. The highest BCUT2D eigenvalue weighted by Gasteiger charge is 2.24. The Kier molecular flexibility index (Phi) is 7.62. The Labute approximate surface area is 223 Å². The van der Waals surface area contributed by atoms with Crippen molar-refractivity contribution in [3.63, 3.8) is 0 Å². The quantitative estimate of drug-likeness (QED) is 0.465. The molecule has 0 spiro atoms. The third kappa shape index (κ3) is 5.36. The number of hydrogen-bond donors (Lipinski definition) is 2. The van der Waals surface area contributed by atoms with Crippen molar-refractivity contribution in [2.45, 2.75) is 19.8 Å². The number of para-hydroxylation sites is 2. The summed E-state index contributed by atoms with van der Waals surface area (Å²) >= 11 is 0. The Bertz CT molecular complexity index is 1400. The molecule has 1 fully saturated rings. The van der Waals surface area contributed by atoms with Crippen LogP contribution in [-0.4, -0.2) is 83.3 Å². The Morgan fingerprint density at radius 2 is 1.84 bits per heavy atom. The molecule has 3 heterocycles. The van der Waals surface area contributed by atoms with Gasteiger partial charge in [0.2, 0.25) is 11.9 Å². The molecule has 10 nitrogen and oxygen atoms in total. The van der Waals surface area contributed by atoms with Crippen LogP contribution in [0.1, 0.15) is 19.8 Å². The lowest BCUT2D eigenvalue weighted by Crippen LogP contribution is -2.44. The number of imidazole rings is 1. The Balaban J connectivity index is 1.38. The van der Waals surface area contributed by atoms with Crippen LogP contribution < -0.4 is 11.1 Å². The predicted molar refractivity (Wildman–Crippen MR) is 150 cm³/mol. The monoisotopic (exact) mass is 516 g/mol. The molecule has 200 valence electrons. The highest BCUT2D eigenvalue weighted by molar-refractivity contribution is 5.80. The van der Waals surface area contributed by atoms with Crippen LogP contribution in [0.3, 0.4) is 0 Å². The number of methoxy groups -OCH3 is 2. The maximum absolute atomic E-state index is 6.24. The molecule has 38 heavy (non-hydrogen) atoms. The topological polar surface area (TPSA) is 107 Å². The maximum Gasteiger partial charge on any atom is 0.228 e. The standard InChI is InChI=1S/C28H36N8O2/c1-19(10-12-35-15-13-34(2)14-16-35)21-17-20(18-24(37-3)26(21)38-4)31-28-30-11-9-25(33-28)36-23-8-6-5-7-22(23)32-27(36)29/h5-9,11,18H,10,12-17H2,1-4H3,(H2,29,32)(H,30,31,33). The van der Waals surface area contributed by atoms with E-state index >= 15 is 0 Å². The minimum atomic E-state index is 0.378. The van der Waals surface area contributed by atoms with Gasteiger partial charge in [-0.2, -0.15) is 4.98 Å². The van der Waals surface area contributed by atoms with E-state index in [-0.39, 0.29) is 0 Å². The number of anilines is 2. The van der Waals surface area contributed by atoms with Crippen molar-refractivity contribution < 1.29 is 9.47 Å². The number of allylic oxidation sites excluding steroid dienone is 3. The van der Waals surface area contributed by atoms with Crippen LogP contribution in [0.5, 0.6) is 0 Å². The number of nitrogens with zero attached hydrogens (tertiary/aromatic N) is 6. The molecule has 5 rings (SSSR count). The van der Waals surface area contributed by atoms with Gasteiger partial charge in [-0.05, 0) is 32.5 Å². The first-order chi connectivity index (χ1) is 18.5. The maximum atomic E-state index is 6.24. The number of rotatable bonds is 8. The first-order valence-corrected chi connectivity index (χ1v) is 12.9. The van der Waals surface area contributed by atoms with Gasteiger partial charge in [-0.15, -0.1) is 0 Å². The average molecular weight is 517 g/mol. The fourth-order valence-electron chi connectivity index (χ4n) is 5.01. The molecule has 0 amide bonds. The van der Waals surface area contributed by atoms with Crippen molar-refractivity contribution >= 4 is 22.9 Å². The lowest BCUT2D eigenvalue weighted by atomic mass is 9.95. The summed E-state index contributed by atoms with van der Waals surface area (Å²) in [5.74, 6) is 2.95. The molecule has 3 aromatic rings. The lowest BCUT2D eigenvalue weighted by molar-refractivity contribution is 0.155. The fraction of sp³-hybridized carbons (Fsp3) is 0.393. The van der Waals surface area contributed by atoms with Crippen molar-refractivity contribution in [3.05, 3.63) is 71.0 Å². The molecule has 1 saturated heterocycles. The van der Waals surface area contributed by atoms with E-state index in [9.17, 15) is 0 Å². The van der Waals surface area contributed by atoms with Gasteiger partial charge in [0.25, 0.3) is 0 Å². The number of fused-ring (bicyclic) bond motifs is 1. The summed E-state index contributed by atoms with van der Waals surface area (Å²) in [7, 11) is 5.54. The number of nitrogen functional groups attached to an aromatic ring is 1. The number of ether oxygens (including phenoxy) is 2. The second-order valence-electron chi connectivity index (χ2n) is 9.76. The van der Waals surface area contributed by atoms with Crippen LogP contribution in [0.25, 0.3) is 16.9 Å². The molecule has 0 unspecified atom stereocenters. The van der Waals surface area contributed by atoms with Crippen LogP contribution in [0, 0.1) is 0 Å². The van der Waals surface area contributed by atoms with Gasteiger partial charge < -0.3 is 30.3 Å². The van der Waals surface area contributed by atoms with Gasteiger partial charge in [-0.1, -0.05) is 17.7 Å². The smallest absolute Gasteiger partial charge is 0.228 e. The zero-order chi connectivity index (χ0) is 26.6. The van der Waals surface area contributed by atoms with E-state index < -0.39 is 0 Å². The van der Waals surface area contributed by atoms with E-state index in [0.29, 0.717) is 29.9 Å². The zero-order valence-corrected chi connectivity index (χ0v) is 22.6. The second-order valence-corrected chi connectivity index (χ2v) is 9.76. The Morgan fingerprint density at radius 3 is 2.61 bits per heavy atom. The highest BCUT2D eigenvalue weighted by atomic mass is 16.5. The number of benzene rings is 1. The highest BCUT2D eigenvalue weighted by Crippen LogP contribution is 2.33. The van der Waals surface area contributed by atoms with Gasteiger partial charge in [0.05, 0.1) is 25.3 Å². The van der Waals surface area contributed by atoms with Gasteiger partial charge in [-0.25, -0.2) is 9.97 Å². The van der Waals surface area contributed by atoms with Crippen LogP contribution in [0.2, 0.25) is 0 Å². The molecule has 1 aliphatic heterocycles. The van der Waals surface area contributed by atoms with Crippen molar-refractivity contribution in [2.75, 3.05) is 65.0 Å². The summed E-state index contributed by atoms with van der Waals surface area (Å²) in [4.78, 5) is 18.6. The number of hydrogen-bond acceptors (Lipinski definition) is 9. The van der Waals surface area contributed by atoms with Crippen molar-refractivity contribution in [1.82, 2.24) is 29.3 Å². The molecule has 2 aromatic heterocycles. The van der Waals surface area contributed by atoms with Crippen LogP contribution >= 0.6 is 0 Å². The second kappa shape index (κ2) is 11.2. The first kappa shape index (κ1) is 25.7. The average Bonchev–Trinajstić information content (AvgIpc) is 3.27. The summed E-state index contributed by atoms with van der Waals surface area (Å²) in [6, 6.07) is 9.62. The van der Waals surface area contributed by atoms with E-state index in [1.165, 1.54) is 5.57 Å². The summed E-state index contributed by atoms with van der Waals surface area (Å²) in [6.07, 6.45) is 5.30. The minimum Gasteiger partial charge on any atom is -0.493 e. The van der Waals surface area contributed by atoms with Gasteiger partial charge in [0.15, 0.2) is 11.5 Å². The van der Waals surface area contributed by atoms with Gasteiger partial charge in [0.1, 0.15) is 5.82 Å². The van der Waals surface area contributed by atoms with E-state index in [0.717, 1.165) is 67.2 Å². The molecule has 3 N–H and O–H groups in total. The predicted octanol–water partition coefficient (Wildman–Crippen LogP) is 3.56. The minimum absolute atomic E-state index is 0.378. The molecule has 0 radical (unpaired) electrons. The van der Waals surface area contributed by atoms with Crippen molar-refractivity contribution in [3.8, 4) is 5.82 Å². The van der Waals surface area contributed by atoms with Crippen molar-refractivity contribution in [1.29, 1.82) is 0 Å². The number of piperazine rings is 1. The third-order valence-corrected chi connectivity index (χ3v) is 7.24. The normalized spacial score (nSPS) is 18.5. The van der Waals surface area contributed by atoms with Crippen LogP contribution in [0.15, 0.2) is 71.0 Å². The molecular formula is C28H36N8O2. The summed E-state index contributed by atoms with van der Waals surface area (Å²) in [6.45, 7) is 7.65. The van der Waals surface area contributed by atoms with E-state index in [1.54, 1.807) is 20.4 Å². The largest absolute Gasteiger partial charge is 0.493 e. The molecule has 2 aliphatic rings. The number of nitrogens with two attached hydrogens (primary N) is 1. The molecule has 1 aliphatic carbocycles. The molecule has 0 saturated carbocycles. The molecular weight excluding hydrogens is 480 g/mol. The van der Waals surface area contributed by atoms with E-state index in [1.807, 2.05) is 41.0 Å². The molecule has 0 atom stereocenters. The SMILES string of the molecule is COC1=C(OC)C(=C(C)CCN2CCN(C)CC2)CC(Nc2nccc(-n3c(N)nc4ccccc43)n2)=C1. The van der Waals surface area contributed by atoms with Gasteiger partial charge >= 0.3 is 0 Å². The number of likely N-dealkylation sites (N-methyl/N-ethyl adjacent to an activating group) is 1. The van der Waals surface area contributed by atoms with E-state index in [2.05, 4.69) is 39.1 Å². The summed E-state index contributed by atoms with van der Waals surface area (Å²) < 4.78 is 13.3. The number of nitrogens with one attached hydrogen (secondary N) is 1. The van der Waals surface area contributed by atoms with Crippen LogP contribution in [0.4, 0.5) is 11.9 Å². The van der Waals surface area contributed by atoms with Crippen LogP contribution in [-0.2, 0) is 9.47 Å². The summed E-state index contributed by atoms with van der Waals surface area (Å²) in [5, 5.41) is 3.40. The first-order valence-electron chi connectivity index (χ1n) is 12.9. The summed E-state index contributed by atoms with van der Waals surface area (Å²) in [5.41, 5.74) is 11.3. The molecule has 10 heteroatoms. The molecule has 0 bridgehead atoms. The van der Waals surface area contributed by atoms with Gasteiger partial charge in [-0.3, -0.25) is 4.57 Å². The Morgan fingerprint density at radius 1 is 1.05 bits per heavy atom. The Hall–Kier alpha value is -3.89. The van der Waals surface area contributed by atoms with Gasteiger partial charge in [0, 0.05) is 68.8 Å². The lowest BCUT2D eigenvalue weighted by Gasteiger charge is -2.32. The fourth-order valence-corrected chi connectivity index (χ4v) is 5.01.